The number of nitrogens with one attached hydrogen (secondary N) is 1. The quantitative estimate of drug-likeness (QED) is 0.725. The number of hydrogen-bond donors (Lipinski definition) is 2. The van der Waals surface area contributed by atoms with E-state index >= 15 is 0 Å². The molecule has 1 aliphatic carbocycles. The predicted molar refractivity (Wildman–Crippen MR) is 64.0 cm³/mol. The van der Waals surface area contributed by atoms with Gasteiger partial charge in [0.1, 0.15) is 0 Å². The molecule has 4 nitrogen and oxygen atoms in total. The lowest BCUT2D eigenvalue weighted by molar-refractivity contribution is -0.125. The van der Waals surface area contributed by atoms with Crippen molar-refractivity contribution in [1.82, 2.24) is 10.2 Å². The molecule has 1 saturated heterocycles. The number of likely N-dealkylation sites (tertiary alicyclic amines) is 1. The highest BCUT2D eigenvalue weighted by atomic mass is 16.1. The van der Waals surface area contributed by atoms with Crippen LogP contribution < -0.4 is 11.1 Å². The Labute approximate surface area is 97.6 Å². The number of nitrogens with two attached hydrogens (primary N) is 1. The first kappa shape index (κ1) is 11.9. The van der Waals surface area contributed by atoms with E-state index in [0.29, 0.717) is 0 Å². The van der Waals surface area contributed by atoms with Gasteiger partial charge in [0.25, 0.3) is 0 Å². The molecule has 2 fully saturated rings. The average Bonchev–Trinajstić information content (AvgIpc) is 3.03. The van der Waals surface area contributed by atoms with Crippen LogP contribution in [0.2, 0.25) is 0 Å². The van der Waals surface area contributed by atoms with Crippen molar-refractivity contribution in [1.29, 1.82) is 0 Å². The summed E-state index contributed by atoms with van der Waals surface area (Å²) in [4.78, 5) is 14.0. The molecule has 0 aromatic carbocycles. The van der Waals surface area contributed by atoms with Gasteiger partial charge >= 0.3 is 0 Å². The lowest BCUT2D eigenvalue weighted by Crippen LogP contribution is -2.56. The van der Waals surface area contributed by atoms with Crippen LogP contribution in [-0.2, 0) is 4.79 Å². The summed E-state index contributed by atoms with van der Waals surface area (Å²) in [6, 6.07) is 0. The van der Waals surface area contributed by atoms with Crippen molar-refractivity contribution in [2.45, 2.75) is 37.6 Å². The summed E-state index contributed by atoms with van der Waals surface area (Å²) >= 11 is 0. The second-order valence-corrected chi connectivity index (χ2v) is 5.43. The first-order chi connectivity index (χ1) is 7.62. The van der Waals surface area contributed by atoms with E-state index in [1.807, 2.05) is 0 Å². The number of carbonyl (C=O) groups is 1. The fourth-order valence-electron chi connectivity index (χ4n) is 2.44. The summed E-state index contributed by atoms with van der Waals surface area (Å²) in [5.41, 5.74) is 5.17. The van der Waals surface area contributed by atoms with Crippen LogP contribution in [-0.4, -0.2) is 43.0 Å². The minimum atomic E-state index is -0.437. The molecule has 1 aliphatic heterocycles. The Morgan fingerprint density at radius 3 is 2.81 bits per heavy atom. The highest BCUT2D eigenvalue weighted by Crippen LogP contribution is 2.30. The number of primary amides is 1. The van der Waals surface area contributed by atoms with Crippen molar-refractivity contribution < 1.29 is 4.79 Å². The van der Waals surface area contributed by atoms with Gasteiger partial charge in [-0.15, -0.1) is 0 Å². The molecule has 0 spiro atoms. The van der Waals surface area contributed by atoms with Gasteiger partial charge in [-0.3, -0.25) is 4.79 Å². The Morgan fingerprint density at radius 1 is 1.44 bits per heavy atom. The number of hydrogen-bond acceptors (Lipinski definition) is 3. The number of amides is 1. The standard InChI is InChI=1S/C12H23N3O/c1-15-7-2-5-12(6-8-15,11(13)16)14-9-10-3-4-10/h10,14H,2-9H2,1H3,(H2,13,16). The summed E-state index contributed by atoms with van der Waals surface area (Å²) in [5.74, 6) is 0.626. The highest BCUT2D eigenvalue weighted by Gasteiger charge is 2.38. The minimum Gasteiger partial charge on any atom is -0.368 e. The molecule has 2 aliphatic rings. The normalized spacial score (nSPS) is 32.3. The summed E-state index contributed by atoms with van der Waals surface area (Å²) in [6.07, 6.45) is 5.41. The Morgan fingerprint density at radius 2 is 2.19 bits per heavy atom. The van der Waals surface area contributed by atoms with E-state index in [9.17, 15) is 4.79 Å². The molecule has 3 N–H and O–H groups in total. The Balaban J connectivity index is 1.97. The largest absolute Gasteiger partial charge is 0.368 e. The van der Waals surface area contributed by atoms with E-state index in [2.05, 4.69) is 17.3 Å². The Bertz CT molecular complexity index is 265. The van der Waals surface area contributed by atoms with Crippen LogP contribution >= 0.6 is 0 Å². The van der Waals surface area contributed by atoms with Gasteiger partial charge in [0, 0.05) is 6.54 Å². The SMILES string of the molecule is CN1CCCC(NCC2CC2)(C(N)=O)CC1. The molecule has 0 radical (unpaired) electrons. The first-order valence-corrected chi connectivity index (χ1v) is 6.36. The van der Waals surface area contributed by atoms with Crippen molar-refractivity contribution in [2.75, 3.05) is 26.7 Å². The van der Waals surface area contributed by atoms with Crippen LogP contribution in [0.15, 0.2) is 0 Å². The van der Waals surface area contributed by atoms with Crippen LogP contribution in [0.5, 0.6) is 0 Å². The summed E-state index contributed by atoms with van der Waals surface area (Å²) in [6.45, 7) is 2.99. The summed E-state index contributed by atoms with van der Waals surface area (Å²) in [7, 11) is 2.11. The van der Waals surface area contributed by atoms with Gasteiger partial charge < -0.3 is 16.0 Å². The molecular weight excluding hydrogens is 202 g/mol. The van der Waals surface area contributed by atoms with Crippen LogP contribution in [0.25, 0.3) is 0 Å². The summed E-state index contributed by atoms with van der Waals surface area (Å²) in [5, 5.41) is 3.46. The van der Waals surface area contributed by atoms with Crippen molar-refractivity contribution in [3.05, 3.63) is 0 Å². The molecule has 16 heavy (non-hydrogen) atoms. The van der Waals surface area contributed by atoms with E-state index < -0.39 is 5.54 Å². The third-order valence-electron chi connectivity index (χ3n) is 3.96. The molecular formula is C12H23N3O. The molecule has 4 heteroatoms. The van der Waals surface area contributed by atoms with Crippen LogP contribution in [0.1, 0.15) is 32.1 Å². The van der Waals surface area contributed by atoms with Gasteiger partial charge in [-0.1, -0.05) is 0 Å². The fraction of sp³-hybridized carbons (Fsp3) is 0.917. The van der Waals surface area contributed by atoms with Crippen LogP contribution in [0.4, 0.5) is 0 Å². The van der Waals surface area contributed by atoms with E-state index in [-0.39, 0.29) is 5.91 Å². The number of nitrogens with zero attached hydrogens (tertiary/aromatic N) is 1. The molecule has 0 aromatic rings. The van der Waals surface area contributed by atoms with Gasteiger partial charge in [0.2, 0.25) is 5.91 Å². The molecule has 1 saturated carbocycles. The molecule has 1 atom stereocenters. The van der Waals surface area contributed by atoms with E-state index in [4.69, 9.17) is 5.73 Å². The van der Waals surface area contributed by atoms with Crippen molar-refractivity contribution in [3.8, 4) is 0 Å². The van der Waals surface area contributed by atoms with Gasteiger partial charge in [0.05, 0.1) is 5.54 Å². The first-order valence-electron chi connectivity index (χ1n) is 6.36. The van der Waals surface area contributed by atoms with Gasteiger partial charge in [-0.2, -0.15) is 0 Å². The smallest absolute Gasteiger partial charge is 0.237 e. The fourth-order valence-corrected chi connectivity index (χ4v) is 2.44. The van der Waals surface area contributed by atoms with Crippen LogP contribution in [0, 0.1) is 5.92 Å². The lowest BCUT2D eigenvalue weighted by Gasteiger charge is -2.30. The molecule has 2 rings (SSSR count). The monoisotopic (exact) mass is 225 g/mol. The lowest BCUT2D eigenvalue weighted by atomic mass is 9.89. The van der Waals surface area contributed by atoms with Gasteiger partial charge in [-0.05, 0) is 58.2 Å². The van der Waals surface area contributed by atoms with Gasteiger partial charge in [0.15, 0.2) is 0 Å². The maximum Gasteiger partial charge on any atom is 0.237 e. The van der Waals surface area contributed by atoms with Crippen molar-refractivity contribution >= 4 is 5.91 Å². The topological polar surface area (TPSA) is 58.4 Å². The zero-order valence-electron chi connectivity index (χ0n) is 10.2. The third kappa shape index (κ3) is 2.74. The summed E-state index contributed by atoms with van der Waals surface area (Å²) < 4.78 is 0. The van der Waals surface area contributed by atoms with Crippen molar-refractivity contribution in [3.63, 3.8) is 0 Å². The maximum atomic E-state index is 11.7. The highest BCUT2D eigenvalue weighted by molar-refractivity contribution is 5.84. The van der Waals surface area contributed by atoms with E-state index in [1.54, 1.807) is 0 Å². The molecule has 92 valence electrons. The Kier molecular flexibility index (Phi) is 3.50. The molecule has 1 amide bonds. The van der Waals surface area contributed by atoms with Crippen molar-refractivity contribution in [2.24, 2.45) is 11.7 Å². The van der Waals surface area contributed by atoms with Gasteiger partial charge in [-0.25, -0.2) is 0 Å². The molecule has 1 heterocycles. The molecule has 1 unspecified atom stereocenters. The zero-order valence-corrected chi connectivity index (χ0v) is 10.2. The van der Waals surface area contributed by atoms with Crippen LogP contribution in [0.3, 0.4) is 0 Å². The average molecular weight is 225 g/mol. The zero-order chi connectivity index (χ0) is 11.6. The predicted octanol–water partition coefficient (Wildman–Crippen LogP) is 0.326. The third-order valence-corrected chi connectivity index (χ3v) is 3.96. The van der Waals surface area contributed by atoms with E-state index in [0.717, 1.165) is 44.8 Å². The molecule has 0 bridgehead atoms. The number of carbonyl (C=O) groups excluding carboxylic acids is 1. The second-order valence-electron chi connectivity index (χ2n) is 5.43. The minimum absolute atomic E-state index is 0.163. The second kappa shape index (κ2) is 4.72. The molecule has 0 aromatic heterocycles. The van der Waals surface area contributed by atoms with E-state index in [1.165, 1.54) is 12.8 Å². The number of rotatable bonds is 4. The Hall–Kier alpha value is -0.610. The maximum absolute atomic E-state index is 11.7.